The Bertz CT molecular complexity index is 946. The van der Waals surface area contributed by atoms with Gasteiger partial charge < -0.3 is 9.47 Å². The molecule has 1 heterocycles. The number of carbonyl (C=O) groups is 1. The van der Waals surface area contributed by atoms with Crippen LogP contribution in [0.3, 0.4) is 0 Å². The van der Waals surface area contributed by atoms with E-state index in [-0.39, 0.29) is 17.5 Å². The monoisotopic (exact) mass is 416 g/mol. The SMILES string of the molecule is CCCCC1C(c2ccc(F)cc2)=NN(c2ccc(F)c(OC)c2)C1(C)C(=O)OC. The molecule has 0 bridgehead atoms. The van der Waals surface area contributed by atoms with Gasteiger partial charge in [-0.05, 0) is 43.2 Å². The number of methoxy groups -OCH3 is 2. The number of carbonyl (C=O) groups excluding carboxylic acids is 1. The lowest BCUT2D eigenvalue weighted by atomic mass is 9.77. The molecule has 2 aromatic rings. The van der Waals surface area contributed by atoms with Gasteiger partial charge in [0.05, 0.1) is 25.6 Å². The quantitative estimate of drug-likeness (QED) is 0.600. The van der Waals surface area contributed by atoms with Crippen LogP contribution in [-0.4, -0.2) is 31.4 Å². The molecule has 0 saturated carbocycles. The topological polar surface area (TPSA) is 51.1 Å². The molecule has 0 fully saturated rings. The molecule has 0 spiro atoms. The zero-order valence-electron chi connectivity index (χ0n) is 17.6. The van der Waals surface area contributed by atoms with Gasteiger partial charge in [0.2, 0.25) is 0 Å². The molecule has 0 aliphatic carbocycles. The Hall–Kier alpha value is -2.96. The molecule has 0 radical (unpaired) electrons. The number of nitrogens with zero attached hydrogens (tertiary/aromatic N) is 2. The van der Waals surface area contributed by atoms with Gasteiger partial charge in [-0.15, -0.1) is 0 Å². The fourth-order valence-electron chi connectivity index (χ4n) is 3.94. The van der Waals surface area contributed by atoms with Crippen LogP contribution in [0.25, 0.3) is 0 Å². The number of halogens is 2. The summed E-state index contributed by atoms with van der Waals surface area (Å²) < 4.78 is 37.8. The molecule has 2 unspecified atom stereocenters. The van der Waals surface area contributed by atoms with Crippen molar-refractivity contribution in [2.24, 2.45) is 11.0 Å². The van der Waals surface area contributed by atoms with E-state index in [4.69, 9.17) is 14.6 Å². The van der Waals surface area contributed by atoms with Crippen molar-refractivity contribution in [3.05, 3.63) is 59.7 Å². The minimum atomic E-state index is -1.16. The number of anilines is 1. The number of ether oxygens (including phenoxy) is 2. The van der Waals surface area contributed by atoms with Crippen LogP contribution in [0.15, 0.2) is 47.6 Å². The highest BCUT2D eigenvalue weighted by Crippen LogP contribution is 2.43. The fourth-order valence-corrected chi connectivity index (χ4v) is 3.94. The van der Waals surface area contributed by atoms with Gasteiger partial charge in [0.1, 0.15) is 5.82 Å². The van der Waals surface area contributed by atoms with Crippen molar-refractivity contribution in [1.29, 1.82) is 0 Å². The molecule has 0 amide bonds. The smallest absolute Gasteiger partial charge is 0.334 e. The van der Waals surface area contributed by atoms with Gasteiger partial charge in [-0.25, -0.2) is 18.6 Å². The Morgan fingerprint density at radius 3 is 2.47 bits per heavy atom. The predicted molar refractivity (Wildman–Crippen MR) is 112 cm³/mol. The summed E-state index contributed by atoms with van der Waals surface area (Å²) in [6.45, 7) is 3.84. The molecule has 1 aliphatic heterocycles. The Morgan fingerprint density at radius 2 is 1.87 bits per heavy atom. The van der Waals surface area contributed by atoms with E-state index < -0.39 is 17.3 Å². The summed E-state index contributed by atoms with van der Waals surface area (Å²) in [7, 11) is 2.71. The minimum absolute atomic E-state index is 0.0512. The van der Waals surface area contributed by atoms with E-state index in [0.717, 1.165) is 18.4 Å². The van der Waals surface area contributed by atoms with Gasteiger partial charge in [-0.1, -0.05) is 31.9 Å². The predicted octanol–water partition coefficient (Wildman–Crippen LogP) is 4.94. The number of hydrazone groups is 1. The number of esters is 1. The highest BCUT2D eigenvalue weighted by atomic mass is 19.1. The van der Waals surface area contributed by atoms with Crippen molar-refractivity contribution >= 4 is 17.4 Å². The van der Waals surface area contributed by atoms with Gasteiger partial charge >= 0.3 is 5.97 Å². The van der Waals surface area contributed by atoms with E-state index in [1.165, 1.54) is 38.5 Å². The Morgan fingerprint density at radius 1 is 1.17 bits per heavy atom. The van der Waals surface area contributed by atoms with Gasteiger partial charge in [0.25, 0.3) is 0 Å². The molecule has 2 atom stereocenters. The molecule has 7 heteroatoms. The largest absolute Gasteiger partial charge is 0.494 e. The van der Waals surface area contributed by atoms with Crippen LogP contribution in [0.1, 0.15) is 38.7 Å². The maximum Gasteiger partial charge on any atom is 0.334 e. The van der Waals surface area contributed by atoms with Crippen molar-refractivity contribution in [2.75, 3.05) is 19.2 Å². The van der Waals surface area contributed by atoms with Crippen LogP contribution in [0.4, 0.5) is 14.5 Å². The molecular formula is C23H26F2N2O3. The van der Waals surface area contributed by atoms with E-state index in [1.807, 2.05) is 0 Å². The second-order valence-corrected chi connectivity index (χ2v) is 7.46. The second-order valence-electron chi connectivity index (χ2n) is 7.46. The van der Waals surface area contributed by atoms with E-state index in [2.05, 4.69) is 6.92 Å². The number of rotatable bonds is 7. The van der Waals surface area contributed by atoms with Crippen LogP contribution in [0.2, 0.25) is 0 Å². The average Bonchev–Trinajstić information content (AvgIpc) is 3.05. The van der Waals surface area contributed by atoms with Crippen molar-refractivity contribution in [3.8, 4) is 5.75 Å². The molecule has 3 rings (SSSR count). The van der Waals surface area contributed by atoms with Crippen LogP contribution in [0.5, 0.6) is 5.75 Å². The molecule has 0 N–H and O–H groups in total. The lowest BCUT2D eigenvalue weighted by Crippen LogP contribution is -2.53. The zero-order chi connectivity index (χ0) is 21.9. The van der Waals surface area contributed by atoms with E-state index in [9.17, 15) is 13.6 Å². The van der Waals surface area contributed by atoms with Gasteiger partial charge in [-0.2, -0.15) is 5.10 Å². The molecule has 0 aromatic heterocycles. The first-order valence-corrected chi connectivity index (χ1v) is 9.93. The Labute approximate surface area is 175 Å². The Kier molecular flexibility index (Phi) is 6.39. The maximum absolute atomic E-state index is 14.0. The molecule has 2 aromatic carbocycles. The fraction of sp³-hybridized carbons (Fsp3) is 0.391. The summed E-state index contributed by atoms with van der Waals surface area (Å²) in [6.07, 6.45) is 2.50. The molecular weight excluding hydrogens is 390 g/mol. The van der Waals surface area contributed by atoms with Crippen molar-refractivity contribution in [3.63, 3.8) is 0 Å². The second kappa shape index (κ2) is 8.81. The number of benzene rings is 2. The summed E-state index contributed by atoms with van der Waals surface area (Å²) in [5, 5.41) is 6.34. The van der Waals surface area contributed by atoms with Crippen LogP contribution in [-0.2, 0) is 9.53 Å². The third-order valence-electron chi connectivity index (χ3n) is 5.62. The maximum atomic E-state index is 14.0. The van der Waals surface area contributed by atoms with Crippen LogP contribution < -0.4 is 9.75 Å². The highest BCUT2D eigenvalue weighted by molar-refractivity contribution is 6.09. The lowest BCUT2D eigenvalue weighted by Gasteiger charge is -2.36. The summed E-state index contributed by atoms with van der Waals surface area (Å²) >= 11 is 0. The standard InChI is InChI=1S/C23H26F2N2O3/c1-5-6-7-18-21(15-8-10-16(24)11-9-15)26-27(23(18,2)22(28)30-4)17-12-13-19(25)20(14-17)29-3/h8-14,18H,5-7H2,1-4H3. The lowest BCUT2D eigenvalue weighted by molar-refractivity contribution is -0.147. The van der Waals surface area contributed by atoms with E-state index >= 15 is 0 Å². The molecule has 5 nitrogen and oxygen atoms in total. The summed E-state index contributed by atoms with van der Waals surface area (Å²) in [5.74, 6) is -1.56. The normalized spacial score (nSPS) is 20.8. The van der Waals surface area contributed by atoms with Gasteiger partial charge in [-0.3, -0.25) is 0 Å². The summed E-state index contributed by atoms with van der Waals surface area (Å²) in [4.78, 5) is 13.0. The third kappa shape index (κ3) is 3.76. The first-order chi connectivity index (χ1) is 14.4. The molecule has 1 aliphatic rings. The average molecular weight is 416 g/mol. The Balaban J connectivity index is 2.18. The minimum Gasteiger partial charge on any atom is -0.494 e. The van der Waals surface area contributed by atoms with Gasteiger partial charge in [0, 0.05) is 12.0 Å². The number of hydrogen-bond acceptors (Lipinski definition) is 5. The first kappa shape index (κ1) is 21.7. The van der Waals surface area contributed by atoms with Crippen LogP contribution in [0, 0.1) is 17.6 Å². The van der Waals surface area contributed by atoms with E-state index in [0.29, 0.717) is 17.8 Å². The van der Waals surface area contributed by atoms with Gasteiger partial charge in [0.15, 0.2) is 17.1 Å². The molecule has 0 saturated heterocycles. The van der Waals surface area contributed by atoms with Crippen LogP contribution >= 0.6 is 0 Å². The summed E-state index contributed by atoms with van der Waals surface area (Å²) in [6, 6.07) is 10.4. The van der Waals surface area contributed by atoms with Crippen molar-refractivity contribution in [1.82, 2.24) is 0 Å². The molecule has 30 heavy (non-hydrogen) atoms. The molecule has 160 valence electrons. The highest BCUT2D eigenvalue weighted by Gasteiger charge is 2.54. The zero-order valence-corrected chi connectivity index (χ0v) is 17.6. The van der Waals surface area contributed by atoms with E-state index in [1.54, 1.807) is 30.1 Å². The number of hydrogen-bond donors (Lipinski definition) is 0. The summed E-state index contributed by atoms with van der Waals surface area (Å²) in [5.41, 5.74) is 0.736. The first-order valence-electron chi connectivity index (χ1n) is 9.93. The number of unbranched alkanes of at least 4 members (excludes halogenated alkanes) is 1. The third-order valence-corrected chi connectivity index (χ3v) is 5.62. The van der Waals surface area contributed by atoms with Crippen molar-refractivity contribution < 1.29 is 23.0 Å². The van der Waals surface area contributed by atoms with Crippen molar-refractivity contribution in [2.45, 2.75) is 38.6 Å².